The highest BCUT2D eigenvalue weighted by molar-refractivity contribution is 5.76. The minimum atomic E-state index is -0.233. The molecule has 0 aromatic heterocycles. The van der Waals surface area contributed by atoms with Gasteiger partial charge in [-0.25, -0.2) is 4.79 Å². The first-order valence-electron chi connectivity index (χ1n) is 8.48. The van der Waals surface area contributed by atoms with E-state index in [9.17, 15) is 4.79 Å². The van der Waals surface area contributed by atoms with Gasteiger partial charge in [0.15, 0.2) is 11.5 Å². The van der Waals surface area contributed by atoms with Gasteiger partial charge in [-0.05, 0) is 43.4 Å². The molecule has 1 aromatic carbocycles. The van der Waals surface area contributed by atoms with Gasteiger partial charge in [0.2, 0.25) is 0 Å². The fraction of sp³-hybridized carbons (Fsp3) is 0.611. The van der Waals surface area contributed by atoms with Crippen molar-refractivity contribution in [2.45, 2.75) is 44.1 Å². The van der Waals surface area contributed by atoms with E-state index in [0.717, 1.165) is 44.3 Å². The zero-order valence-corrected chi connectivity index (χ0v) is 14.1. The van der Waals surface area contributed by atoms with Crippen molar-refractivity contribution < 1.29 is 14.3 Å². The van der Waals surface area contributed by atoms with Gasteiger partial charge in [0.05, 0.1) is 19.8 Å². The van der Waals surface area contributed by atoms with Crippen LogP contribution in [0.2, 0.25) is 0 Å². The zero-order valence-electron chi connectivity index (χ0n) is 14.1. The van der Waals surface area contributed by atoms with Crippen LogP contribution in [0.25, 0.3) is 0 Å². The molecule has 23 heavy (non-hydrogen) atoms. The molecule has 1 heterocycles. The molecule has 1 aliphatic carbocycles. The zero-order chi connectivity index (χ0) is 16.3. The molecule has 1 saturated carbocycles. The number of amides is 2. The number of nitrogens with one attached hydrogen (secondary N) is 1. The molecule has 1 N–H and O–H groups in total. The maximum atomic E-state index is 12.6. The molecule has 2 fully saturated rings. The molecule has 0 atom stereocenters. The van der Waals surface area contributed by atoms with E-state index in [1.165, 1.54) is 12.8 Å². The number of ether oxygens (including phenoxy) is 2. The first-order chi connectivity index (χ1) is 11.2. The first kappa shape index (κ1) is 16.0. The normalized spacial score (nSPS) is 19.7. The van der Waals surface area contributed by atoms with E-state index in [2.05, 4.69) is 5.32 Å². The number of hydrogen-bond donors (Lipinski definition) is 1. The highest BCUT2D eigenvalue weighted by atomic mass is 16.5. The van der Waals surface area contributed by atoms with E-state index in [1.54, 1.807) is 14.2 Å². The number of urea groups is 1. The number of carbonyl (C=O) groups excluding carboxylic acids is 1. The number of likely N-dealkylation sites (tertiary alicyclic amines) is 1. The average molecular weight is 318 g/mol. The second-order valence-electron chi connectivity index (χ2n) is 6.48. The van der Waals surface area contributed by atoms with Crippen LogP contribution in [0.15, 0.2) is 18.2 Å². The third-order valence-electron chi connectivity index (χ3n) is 4.93. The summed E-state index contributed by atoms with van der Waals surface area (Å²) in [5, 5.41) is 3.26. The van der Waals surface area contributed by atoms with Crippen LogP contribution >= 0.6 is 0 Å². The van der Waals surface area contributed by atoms with Crippen molar-refractivity contribution in [1.29, 1.82) is 0 Å². The van der Waals surface area contributed by atoms with Crippen molar-refractivity contribution in [3.8, 4) is 11.5 Å². The topological polar surface area (TPSA) is 50.8 Å². The van der Waals surface area contributed by atoms with E-state index >= 15 is 0 Å². The van der Waals surface area contributed by atoms with Gasteiger partial charge in [0, 0.05) is 13.1 Å². The Morgan fingerprint density at radius 3 is 2.26 bits per heavy atom. The highest BCUT2D eigenvalue weighted by Gasteiger charge is 2.46. The highest BCUT2D eigenvalue weighted by Crippen LogP contribution is 2.47. The summed E-state index contributed by atoms with van der Waals surface area (Å²) in [6.07, 6.45) is 6.62. The molecule has 5 nitrogen and oxygen atoms in total. The third-order valence-corrected chi connectivity index (χ3v) is 4.93. The summed E-state index contributed by atoms with van der Waals surface area (Å²) in [7, 11) is 3.27. The molecule has 0 radical (unpaired) electrons. The molecule has 1 saturated heterocycles. The van der Waals surface area contributed by atoms with Crippen LogP contribution in [0.3, 0.4) is 0 Å². The minimum Gasteiger partial charge on any atom is -0.493 e. The predicted octanol–water partition coefficient (Wildman–Crippen LogP) is 3.28. The van der Waals surface area contributed by atoms with Gasteiger partial charge in [-0.2, -0.15) is 0 Å². The largest absolute Gasteiger partial charge is 0.493 e. The fourth-order valence-electron chi connectivity index (χ4n) is 3.30. The van der Waals surface area contributed by atoms with Crippen molar-refractivity contribution in [3.63, 3.8) is 0 Å². The minimum absolute atomic E-state index is 0.0687. The van der Waals surface area contributed by atoms with Crippen molar-refractivity contribution >= 4 is 6.03 Å². The Kier molecular flexibility index (Phi) is 4.64. The molecule has 5 heteroatoms. The Morgan fingerprint density at radius 1 is 1.04 bits per heavy atom. The van der Waals surface area contributed by atoms with E-state index < -0.39 is 0 Å². The molecular formula is C18H26N2O3. The lowest BCUT2D eigenvalue weighted by Gasteiger charge is -2.26. The van der Waals surface area contributed by atoms with Crippen LogP contribution in [0.5, 0.6) is 11.5 Å². The maximum Gasteiger partial charge on any atom is 0.318 e. The Morgan fingerprint density at radius 2 is 1.70 bits per heavy atom. The van der Waals surface area contributed by atoms with Gasteiger partial charge in [-0.1, -0.05) is 18.9 Å². The molecule has 0 spiro atoms. The lowest BCUT2D eigenvalue weighted by molar-refractivity contribution is 0.194. The molecule has 0 unspecified atom stereocenters. The van der Waals surface area contributed by atoms with Crippen molar-refractivity contribution in [2.24, 2.45) is 0 Å². The van der Waals surface area contributed by atoms with Crippen molar-refractivity contribution in [2.75, 3.05) is 27.3 Å². The van der Waals surface area contributed by atoms with Gasteiger partial charge in [0.25, 0.3) is 0 Å². The molecule has 2 amide bonds. The van der Waals surface area contributed by atoms with Crippen LogP contribution in [-0.4, -0.2) is 38.2 Å². The molecule has 1 aromatic rings. The molecule has 2 aliphatic rings. The van der Waals surface area contributed by atoms with E-state index in [4.69, 9.17) is 9.47 Å². The van der Waals surface area contributed by atoms with Gasteiger partial charge in [-0.15, -0.1) is 0 Å². The summed E-state index contributed by atoms with van der Waals surface area (Å²) in [4.78, 5) is 14.6. The van der Waals surface area contributed by atoms with Crippen molar-refractivity contribution in [1.82, 2.24) is 10.2 Å². The number of rotatable bonds is 4. The quantitative estimate of drug-likeness (QED) is 0.927. The monoisotopic (exact) mass is 318 g/mol. The van der Waals surface area contributed by atoms with Gasteiger partial charge >= 0.3 is 6.03 Å². The standard InChI is InChI=1S/C18H26N2O3/c1-22-15-8-7-14(13-16(15)23-2)18(9-10-18)19-17(21)20-11-5-3-4-6-12-20/h7-8,13H,3-6,9-12H2,1-2H3,(H,19,21). The van der Waals surface area contributed by atoms with Crippen molar-refractivity contribution in [3.05, 3.63) is 23.8 Å². The van der Waals surface area contributed by atoms with Gasteiger partial charge in [0.1, 0.15) is 0 Å². The van der Waals surface area contributed by atoms with Gasteiger partial charge < -0.3 is 19.7 Å². The first-order valence-corrected chi connectivity index (χ1v) is 8.48. The number of hydrogen-bond acceptors (Lipinski definition) is 3. The van der Waals surface area contributed by atoms with E-state index in [0.29, 0.717) is 11.5 Å². The summed E-state index contributed by atoms with van der Waals surface area (Å²) in [5.74, 6) is 1.42. The summed E-state index contributed by atoms with van der Waals surface area (Å²) in [6.45, 7) is 1.74. The number of benzene rings is 1. The summed E-state index contributed by atoms with van der Waals surface area (Å²) < 4.78 is 10.7. The summed E-state index contributed by atoms with van der Waals surface area (Å²) in [6, 6.07) is 5.98. The Hall–Kier alpha value is -1.91. The second kappa shape index (κ2) is 6.69. The molecular weight excluding hydrogens is 292 g/mol. The number of carbonyl (C=O) groups is 1. The Bertz CT molecular complexity index is 561. The smallest absolute Gasteiger partial charge is 0.318 e. The molecule has 1 aliphatic heterocycles. The van der Waals surface area contributed by atoms with Crippen LogP contribution in [0, 0.1) is 0 Å². The van der Waals surface area contributed by atoms with Crippen LogP contribution in [0.1, 0.15) is 44.1 Å². The van der Waals surface area contributed by atoms with Gasteiger partial charge in [-0.3, -0.25) is 0 Å². The Balaban J connectivity index is 1.73. The number of nitrogens with zero attached hydrogens (tertiary/aromatic N) is 1. The SMILES string of the molecule is COc1ccc(C2(NC(=O)N3CCCCCC3)CC2)cc1OC. The molecule has 126 valence electrons. The summed E-state index contributed by atoms with van der Waals surface area (Å²) in [5.41, 5.74) is 0.862. The van der Waals surface area contributed by atoms with Crippen LogP contribution in [0.4, 0.5) is 4.79 Å². The van der Waals surface area contributed by atoms with E-state index in [-0.39, 0.29) is 11.6 Å². The van der Waals surface area contributed by atoms with E-state index in [1.807, 2.05) is 23.1 Å². The summed E-state index contributed by atoms with van der Waals surface area (Å²) >= 11 is 0. The predicted molar refractivity (Wildman–Crippen MR) is 89.0 cm³/mol. The third kappa shape index (κ3) is 3.38. The second-order valence-corrected chi connectivity index (χ2v) is 6.48. The van der Waals surface area contributed by atoms with Crippen LogP contribution in [-0.2, 0) is 5.54 Å². The molecule has 0 bridgehead atoms. The lowest BCUT2D eigenvalue weighted by atomic mass is 10.0. The number of methoxy groups -OCH3 is 2. The lowest BCUT2D eigenvalue weighted by Crippen LogP contribution is -2.45. The average Bonchev–Trinajstić information content (AvgIpc) is 3.38. The molecule has 3 rings (SSSR count). The maximum absolute atomic E-state index is 12.6. The Labute approximate surface area is 137 Å². The fourth-order valence-corrected chi connectivity index (χ4v) is 3.30. The van der Waals surface area contributed by atoms with Crippen LogP contribution < -0.4 is 14.8 Å².